The summed E-state index contributed by atoms with van der Waals surface area (Å²) in [4.78, 5) is 35.9. The Hall–Kier alpha value is -2.73. The first-order valence-corrected chi connectivity index (χ1v) is 10.2. The Bertz CT molecular complexity index is 761. The number of hydrogen-bond acceptors (Lipinski definition) is 9. The lowest BCUT2D eigenvalue weighted by atomic mass is 9.89. The summed E-state index contributed by atoms with van der Waals surface area (Å²) in [7, 11) is 1.17. The van der Waals surface area contributed by atoms with E-state index in [0.717, 1.165) is 5.56 Å². The van der Waals surface area contributed by atoms with Crippen molar-refractivity contribution < 1.29 is 43.9 Å². The molecule has 178 valence electrons. The van der Waals surface area contributed by atoms with Gasteiger partial charge in [0.25, 0.3) is 0 Å². The molecule has 1 aliphatic heterocycles. The molecule has 11 nitrogen and oxygen atoms in total. The normalized spacial score (nSPS) is 26.0. The highest BCUT2D eigenvalue weighted by Gasteiger charge is 2.44. The van der Waals surface area contributed by atoms with Gasteiger partial charge in [0.05, 0.1) is 25.9 Å². The lowest BCUT2D eigenvalue weighted by molar-refractivity contribution is -0.197. The number of amides is 2. The van der Waals surface area contributed by atoms with Crippen LogP contribution in [0.25, 0.3) is 0 Å². The van der Waals surface area contributed by atoms with Crippen LogP contribution in [0.3, 0.4) is 0 Å². The quantitative estimate of drug-likeness (QED) is 0.301. The number of alkyl carbamates (subject to hydrolysis) is 1. The standard InChI is InChI=1S/C21H30N2O9/c1-12(25)22-17-15(32-16(10-24)18(26)19(17)27)9-8-14(20(28)30-2)23-21(29)31-11-13-6-4-3-5-7-13/h3-7,14-19,24,26-27H,8-11H2,1-2H3,(H,22,25)(H,23,29)/t14-,15-,16+,17-,18+,19+/m0/s1. The first-order chi connectivity index (χ1) is 15.3. The summed E-state index contributed by atoms with van der Waals surface area (Å²) < 4.78 is 15.5. The molecule has 5 N–H and O–H groups in total. The minimum atomic E-state index is -1.41. The Morgan fingerprint density at radius 2 is 1.81 bits per heavy atom. The fourth-order valence-corrected chi connectivity index (χ4v) is 3.48. The SMILES string of the molecule is COC(=O)[C@H](CC[C@@H]1O[C@H](CO)[C@@H](O)[C@H](O)[C@H]1NC(C)=O)NC(=O)OCc1ccccc1. The number of nitrogens with one attached hydrogen (secondary N) is 2. The van der Waals surface area contributed by atoms with E-state index in [1.165, 1.54) is 14.0 Å². The van der Waals surface area contributed by atoms with E-state index in [0.29, 0.717) is 0 Å². The van der Waals surface area contributed by atoms with Gasteiger partial charge in [0, 0.05) is 6.92 Å². The molecule has 0 aliphatic carbocycles. The number of carbonyl (C=O) groups is 3. The van der Waals surface area contributed by atoms with E-state index < -0.39 is 61.1 Å². The van der Waals surface area contributed by atoms with E-state index >= 15 is 0 Å². The number of carbonyl (C=O) groups excluding carboxylic acids is 3. The van der Waals surface area contributed by atoms with Gasteiger partial charge in [-0.25, -0.2) is 9.59 Å². The maximum Gasteiger partial charge on any atom is 0.408 e. The summed E-state index contributed by atoms with van der Waals surface area (Å²) >= 11 is 0. The molecule has 2 amide bonds. The highest BCUT2D eigenvalue weighted by molar-refractivity contribution is 5.81. The van der Waals surface area contributed by atoms with Gasteiger partial charge in [0.2, 0.25) is 5.91 Å². The van der Waals surface area contributed by atoms with Gasteiger partial charge >= 0.3 is 12.1 Å². The molecule has 1 fully saturated rings. The average Bonchev–Trinajstić information content (AvgIpc) is 2.79. The van der Waals surface area contributed by atoms with Gasteiger partial charge in [-0.2, -0.15) is 0 Å². The molecular weight excluding hydrogens is 424 g/mol. The summed E-state index contributed by atoms with van der Waals surface area (Å²) in [6.07, 6.45) is -5.43. The van der Waals surface area contributed by atoms with Gasteiger partial charge in [-0.1, -0.05) is 30.3 Å². The van der Waals surface area contributed by atoms with E-state index in [4.69, 9.17) is 14.2 Å². The molecule has 0 radical (unpaired) electrons. The highest BCUT2D eigenvalue weighted by Crippen LogP contribution is 2.25. The van der Waals surface area contributed by atoms with Crippen LogP contribution in [0.15, 0.2) is 30.3 Å². The fraction of sp³-hybridized carbons (Fsp3) is 0.571. The van der Waals surface area contributed by atoms with Crippen LogP contribution in [-0.4, -0.2) is 83.5 Å². The van der Waals surface area contributed by atoms with Crippen molar-refractivity contribution >= 4 is 18.0 Å². The summed E-state index contributed by atoms with van der Waals surface area (Å²) in [6.45, 7) is 0.709. The molecule has 0 spiro atoms. The number of methoxy groups -OCH3 is 1. The lowest BCUT2D eigenvalue weighted by Crippen LogP contribution is -2.64. The van der Waals surface area contributed by atoms with Crippen LogP contribution >= 0.6 is 0 Å². The van der Waals surface area contributed by atoms with E-state index in [2.05, 4.69) is 10.6 Å². The molecule has 1 heterocycles. The predicted octanol–water partition coefficient (Wildman–Crippen LogP) is -0.779. The maximum absolute atomic E-state index is 12.2. The molecule has 1 saturated heterocycles. The molecule has 1 aromatic rings. The van der Waals surface area contributed by atoms with Gasteiger partial charge in [-0.3, -0.25) is 4.79 Å². The summed E-state index contributed by atoms with van der Waals surface area (Å²) in [5, 5.41) is 34.8. The van der Waals surface area contributed by atoms with E-state index in [1.807, 2.05) is 6.07 Å². The minimum absolute atomic E-state index is 0.0131. The zero-order chi connectivity index (χ0) is 23.7. The van der Waals surface area contributed by atoms with E-state index in [9.17, 15) is 29.7 Å². The molecule has 0 bridgehead atoms. The molecule has 0 aromatic heterocycles. The highest BCUT2D eigenvalue weighted by atomic mass is 16.6. The smallest absolute Gasteiger partial charge is 0.408 e. The Morgan fingerprint density at radius 1 is 1.12 bits per heavy atom. The average molecular weight is 454 g/mol. The second kappa shape index (κ2) is 12.3. The first-order valence-electron chi connectivity index (χ1n) is 10.2. The molecule has 0 unspecified atom stereocenters. The predicted molar refractivity (Wildman–Crippen MR) is 110 cm³/mol. The fourth-order valence-electron chi connectivity index (χ4n) is 3.48. The third-order valence-electron chi connectivity index (χ3n) is 5.13. The monoisotopic (exact) mass is 454 g/mol. The molecule has 1 aliphatic rings. The van der Waals surface area contributed by atoms with Crippen molar-refractivity contribution in [2.45, 2.75) is 62.9 Å². The van der Waals surface area contributed by atoms with Gasteiger partial charge in [-0.05, 0) is 18.4 Å². The number of esters is 1. The number of benzene rings is 1. The third-order valence-corrected chi connectivity index (χ3v) is 5.13. The minimum Gasteiger partial charge on any atom is -0.467 e. The molecule has 2 rings (SSSR count). The maximum atomic E-state index is 12.2. The van der Waals surface area contributed by atoms with Crippen LogP contribution < -0.4 is 10.6 Å². The van der Waals surface area contributed by atoms with Crippen LogP contribution in [0.2, 0.25) is 0 Å². The largest absolute Gasteiger partial charge is 0.467 e. The van der Waals surface area contributed by atoms with Crippen LogP contribution in [0.4, 0.5) is 4.79 Å². The van der Waals surface area contributed by atoms with Gasteiger partial charge in [-0.15, -0.1) is 0 Å². The molecule has 11 heteroatoms. The number of aliphatic hydroxyl groups is 3. The Balaban J connectivity index is 2.01. The summed E-state index contributed by atoms with van der Waals surface area (Å²) in [6, 6.07) is 6.93. The van der Waals surface area contributed by atoms with Crippen molar-refractivity contribution in [3.8, 4) is 0 Å². The van der Waals surface area contributed by atoms with Gasteiger partial charge < -0.3 is 40.2 Å². The number of rotatable bonds is 9. The lowest BCUT2D eigenvalue weighted by Gasteiger charge is -2.43. The Kier molecular flexibility index (Phi) is 9.85. The van der Waals surface area contributed by atoms with Crippen LogP contribution in [-0.2, 0) is 30.4 Å². The van der Waals surface area contributed by atoms with E-state index in [-0.39, 0.29) is 19.4 Å². The van der Waals surface area contributed by atoms with Crippen LogP contribution in [0.5, 0.6) is 0 Å². The number of hydrogen-bond donors (Lipinski definition) is 5. The first kappa shape index (κ1) is 25.5. The van der Waals surface area contributed by atoms with Crippen molar-refractivity contribution in [3.63, 3.8) is 0 Å². The molecule has 1 aromatic carbocycles. The Morgan fingerprint density at radius 3 is 2.41 bits per heavy atom. The number of aliphatic hydroxyl groups excluding tert-OH is 3. The van der Waals surface area contributed by atoms with Crippen LogP contribution in [0.1, 0.15) is 25.3 Å². The summed E-state index contributed by atoms with van der Waals surface area (Å²) in [5.74, 6) is -1.17. The second-order valence-electron chi connectivity index (χ2n) is 7.46. The molecule has 32 heavy (non-hydrogen) atoms. The second-order valence-corrected chi connectivity index (χ2v) is 7.46. The van der Waals surface area contributed by atoms with Crippen molar-refractivity contribution in [2.24, 2.45) is 0 Å². The Labute approximate surface area is 185 Å². The molecular formula is C21H30N2O9. The van der Waals surface area contributed by atoms with Gasteiger partial charge in [0.15, 0.2) is 0 Å². The van der Waals surface area contributed by atoms with Crippen molar-refractivity contribution in [3.05, 3.63) is 35.9 Å². The zero-order valence-electron chi connectivity index (χ0n) is 18.0. The molecule has 0 saturated carbocycles. The number of ether oxygens (including phenoxy) is 3. The van der Waals surface area contributed by atoms with Crippen molar-refractivity contribution in [1.82, 2.24) is 10.6 Å². The topological polar surface area (TPSA) is 164 Å². The van der Waals surface area contributed by atoms with Crippen molar-refractivity contribution in [2.75, 3.05) is 13.7 Å². The molecule has 6 atom stereocenters. The van der Waals surface area contributed by atoms with Crippen LogP contribution in [0, 0.1) is 0 Å². The summed E-state index contributed by atoms with van der Waals surface area (Å²) in [5.41, 5.74) is 0.772. The zero-order valence-corrected chi connectivity index (χ0v) is 18.0. The van der Waals surface area contributed by atoms with Crippen molar-refractivity contribution in [1.29, 1.82) is 0 Å². The van der Waals surface area contributed by atoms with Gasteiger partial charge in [0.1, 0.15) is 31.0 Å². The van der Waals surface area contributed by atoms with E-state index in [1.54, 1.807) is 24.3 Å². The third kappa shape index (κ3) is 7.16.